The summed E-state index contributed by atoms with van der Waals surface area (Å²) in [4.78, 5) is 0.244. The fourth-order valence-corrected chi connectivity index (χ4v) is 4.57. The molecule has 3 rings (SSSR count). The Morgan fingerprint density at radius 1 is 1.19 bits per heavy atom. The van der Waals surface area contributed by atoms with E-state index in [9.17, 15) is 8.42 Å². The molecule has 0 spiro atoms. The first kappa shape index (κ1) is 14.7. The smallest absolute Gasteiger partial charge is 0.264 e. The van der Waals surface area contributed by atoms with Crippen molar-refractivity contribution >= 4 is 43.2 Å². The van der Waals surface area contributed by atoms with Crippen LogP contribution in [-0.4, -0.2) is 21.6 Å². The van der Waals surface area contributed by atoms with Crippen molar-refractivity contribution in [1.82, 2.24) is 0 Å². The van der Waals surface area contributed by atoms with E-state index in [-0.39, 0.29) is 11.4 Å². The Hall–Kier alpha value is -1.24. The molecule has 0 fully saturated rings. The number of hydrogen-bond donors (Lipinski definition) is 0. The molecule has 0 bridgehead atoms. The van der Waals surface area contributed by atoms with Crippen LogP contribution in [0.4, 0.5) is 5.69 Å². The predicted octanol–water partition coefficient (Wildman–Crippen LogP) is 3.69. The van der Waals surface area contributed by atoms with Crippen LogP contribution in [0.2, 0.25) is 5.02 Å². The van der Waals surface area contributed by atoms with E-state index in [1.807, 2.05) is 0 Å². The van der Waals surface area contributed by atoms with Crippen LogP contribution in [0.5, 0.6) is 5.75 Å². The molecule has 0 saturated carbocycles. The third-order valence-corrected chi connectivity index (χ3v) is 5.76. The summed E-state index contributed by atoms with van der Waals surface area (Å²) in [5.74, 6) is 0.491. The Morgan fingerprint density at radius 3 is 2.62 bits per heavy atom. The highest BCUT2D eigenvalue weighted by Gasteiger charge is 2.31. The van der Waals surface area contributed by atoms with Crippen molar-refractivity contribution in [3.8, 4) is 5.75 Å². The van der Waals surface area contributed by atoms with Gasteiger partial charge in [-0.15, -0.1) is 0 Å². The van der Waals surface area contributed by atoms with E-state index in [0.717, 1.165) is 0 Å². The van der Waals surface area contributed by atoms with Crippen molar-refractivity contribution in [2.24, 2.45) is 0 Å². The summed E-state index contributed by atoms with van der Waals surface area (Å²) < 4.78 is 33.1. The lowest BCUT2D eigenvalue weighted by Gasteiger charge is -2.31. The number of nitrogens with zero attached hydrogens (tertiary/aromatic N) is 1. The van der Waals surface area contributed by atoms with E-state index >= 15 is 0 Å². The van der Waals surface area contributed by atoms with Crippen molar-refractivity contribution < 1.29 is 13.2 Å². The molecule has 2 aromatic carbocycles. The Labute approximate surface area is 136 Å². The second-order valence-corrected chi connectivity index (χ2v) is 7.63. The first-order valence-electron chi connectivity index (χ1n) is 6.20. The van der Waals surface area contributed by atoms with E-state index in [4.69, 9.17) is 16.3 Å². The van der Waals surface area contributed by atoms with Gasteiger partial charge in [0, 0.05) is 5.02 Å². The molecule has 1 aliphatic heterocycles. The minimum atomic E-state index is -3.64. The third kappa shape index (κ3) is 2.63. The Morgan fingerprint density at radius 2 is 1.90 bits per heavy atom. The van der Waals surface area contributed by atoms with Gasteiger partial charge < -0.3 is 4.74 Å². The number of anilines is 1. The summed E-state index contributed by atoms with van der Waals surface area (Å²) in [6, 6.07) is 11.6. The summed E-state index contributed by atoms with van der Waals surface area (Å²) in [6.45, 7) is 0.538. The lowest BCUT2D eigenvalue weighted by atomic mass is 10.2. The van der Waals surface area contributed by atoms with Crippen molar-refractivity contribution in [2.45, 2.75) is 4.90 Å². The van der Waals surface area contributed by atoms with Crippen LogP contribution in [0.1, 0.15) is 0 Å². The van der Waals surface area contributed by atoms with Crippen molar-refractivity contribution in [1.29, 1.82) is 0 Å². The minimum Gasteiger partial charge on any atom is -0.488 e. The Balaban J connectivity index is 2.15. The van der Waals surface area contributed by atoms with Gasteiger partial charge in [0.05, 0.1) is 21.6 Å². The fraction of sp³-hybridized carbons (Fsp3) is 0.143. The normalized spacial score (nSPS) is 14.5. The van der Waals surface area contributed by atoms with Gasteiger partial charge in [-0.3, -0.25) is 4.31 Å². The second-order valence-electron chi connectivity index (χ2n) is 4.47. The zero-order valence-corrected chi connectivity index (χ0v) is 14.0. The van der Waals surface area contributed by atoms with Gasteiger partial charge in [-0.2, -0.15) is 0 Å². The van der Waals surface area contributed by atoms with Crippen molar-refractivity contribution in [3.05, 3.63) is 52.0 Å². The molecule has 0 unspecified atom stereocenters. The largest absolute Gasteiger partial charge is 0.488 e. The van der Waals surface area contributed by atoms with Crippen LogP contribution >= 0.6 is 27.5 Å². The molecule has 0 radical (unpaired) electrons. The molecule has 1 aliphatic rings. The summed E-state index contributed by atoms with van der Waals surface area (Å²) >= 11 is 9.39. The zero-order chi connectivity index (χ0) is 15.0. The molecule has 0 saturated heterocycles. The molecule has 1 heterocycles. The maximum absolute atomic E-state index is 12.8. The monoisotopic (exact) mass is 387 g/mol. The molecular formula is C14H11BrClNO3S. The average Bonchev–Trinajstić information content (AvgIpc) is 2.47. The second kappa shape index (κ2) is 5.51. The van der Waals surface area contributed by atoms with E-state index in [1.165, 1.54) is 4.31 Å². The first-order valence-corrected chi connectivity index (χ1v) is 8.81. The lowest BCUT2D eigenvalue weighted by Crippen LogP contribution is -2.38. The summed E-state index contributed by atoms with van der Waals surface area (Å²) in [7, 11) is -3.64. The standard InChI is InChI=1S/C14H11BrClNO3S/c15-12-8-10(16)9-13-14(12)20-7-6-17(13)21(18,19)11-4-2-1-3-5-11/h1-5,8-9H,6-7H2. The molecule has 4 nitrogen and oxygen atoms in total. The maximum atomic E-state index is 12.8. The quantitative estimate of drug-likeness (QED) is 0.788. The van der Waals surface area contributed by atoms with Crippen LogP contribution in [0.25, 0.3) is 0 Å². The minimum absolute atomic E-state index is 0.244. The number of benzene rings is 2. The maximum Gasteiger partial charge on any atom is 0.264 e. The van der Waals surface area contributed by atoms with Crippen LogP contribution in [-0.2, 0) is 10.0 Å². The SMILES string of the molecule is O=S(=O)(c1ccccc1)N1CCOc2c(Br)cc(Cl)cc21. The van der Waals surface area contributed by atoms with Crippen LogP contribution in [0.15, 0.2) is 51.8 Å². The van der Waals surface area contributed by atoms with Gasteiger partial charge in [0.1, 0.15) is 6.61 Å². The first-order chi connectivity index (χ1) is 10.00. The van der Waals surface area contributed by atoms with E-state index in [2.05, 4.69) is 15.9 Å². The van der Waals surface area contributed by atoms with Gasteiger partial charge in [0.2, 0.25) is 0 Å². The topological polar surface area (TPSA) is 46.6 Å². The Bertz CT molecular complexity index is 780. The van der Waals surface area contributed by atoms with Crippen LogP contribution < -0.4 is 9.04 Å². The van der Waals surface area contributed by atoms with Crippen LogP contribution in [0, 0.1) is 0 Å². The zero-order valence-electron chi connectivity index (χ0n) is 10.8. The summed E-state index contributed by atoms with van der Waals surface area (Å²) in [5, 5.41) is 0.444. The molecule has 0 atom stereocenters. The van der Waals surface area contributed by atoms with Crippen LogP contribution in [0.3, 0.4) is 0 Å². The Kier molecular flexibility index (Phi) is 3.86. The van der Waals surface area contributed by atoms with E-state index < -0.39 is 10.0 Å². The van der Waals surface area contributed by atoms with Gasteiger partial charge >= 0.3 is 0 Å². The van der Waals surface area contributed by atoms with Gasteiger partial charge in [-0.05, 0) is 40.2 Å². The van der Waals surface area contributed by atoms with Gasteiger partial charge in [0.15, 0.2) is 5.75 Å². The highest BCUT2D eigenvalue weighted by Crippen LogP contribution is 2.42. The molecule has 21 heavy (non-hydrogen) atoms. The number of ether oxygens (including phenoxy) is 1. The van der Waals surface area contributed by atoms with E-state index in [0.29, 0.717) is 27.5 Å². The number of fused-ring (bicyclic) bond motifs is 1. The van der Waals surface area contributed by atoms with Gasteiger partial charge in [0.25, 0.3) is 10.0 Å². The van der Waals surface area contributed by atoms with Gasteiger partial charge in [-0.1, -0.05) is 29.8 Å². The summed E-state index contributed by atoms with van der Waals surface area (Å²) in [6.07, 6.45) is 0. The fourth-order valence-electron chi connectivity index (χ4n) is 2.20. The van der Waals surface area contributed by atoms with E-state index in [1.54, 1.807) is 42.5 Å². The number of sulfonamides is 1. The molecule has 0 amide bonds. The molecule has 7 heteroatoms. The molecule has 0 aliphatic carbocycles. The highest BCUT2D eigenvalue weighted by molar-refractivity contribution is 9.10. The molecule has 0 aromatic heterocycles. The van der Waals surface area contributed by atoms with Crippen molar-refractivity contribution in [3.63, 3.8) is 0 Å². The molecule has 110 valence electrons. The molecule has 2 aromatic rings. The summed E-state index contributed by atoms with van der Waals surface area (Å²) in [5.41, 5.74) is 0.449. The number of halogens is 2. The highest BCUT2D eigenvalue weighted by atomic mass is 79.9. The lowest BCUT2D eigenvalue weighted by molar-refractivity contribution is 0.314. The van der Waals surface area contributed by atoms with Crippen molar-refractivity contribution in [2.75, 3.05) is 17.5 Å². The number of hydrogen-bond acceptors (Lipinski definition) is 3. The predicted molar refractivity (Wildman–Crippen MR) is 85.6 cm³/mol. The number of rotatable bonds is 2. The van der Waals surface area contributed by atoms with Gasteiger partial charge in [-0.25, -0.2) is 8.42 Å². The molecular weight excluding hydrogens is 378 g/mol. The third-order valence-electron chi connectivity index (χ3n) is 3.13. The molecule has 0 N–H and O–H groups in total. The average molecular weight is 389 g/mol.